The average Bonchev–Trinajstić information content (AvgIpc) is 2.76. The van der Waals surface area contributed by atoms with Crippen LogP contribution in [0.3, 0.4) is 0 Å². The van der Waals surface area contributed by atoms with Gasteiger partial charge in [-0.2, -0.15) is 29.3 Å². The molecule has 176 valence electrons. The third kappa shape index (κ3) is 6.44. The SMILES string of the molecule is COc1ccc(/C=C2\CSC/C(=C/c3ccc(OC)c(OC(F)F)c3)C2=O)cc1OC(F)F. The molecule has 0 amide bonds. The van der Waals surface area contributed by atoms with Crippen molar-refractivity contribution in [1.82, 2.24) is 0 Å². The van der Waals surface area contributed by atoms with Crippen molar-refractivity contribution in [1.29, 1.82) is 0 Å². The fourth-order valence-corrected chi connectivity index (χ4v) is 4.14. The van der Waals surface area contributed by atoms with Crippen molar-refractivity contribution in [3.63, 3.8) is 0 Å². The standard InChI is InChI=1S/C23H20F4O5S/c1-29-17-5-3-13(9-19(17)31-22(24)25)7-15-11-33-12-16(21(15)28)8-14-4-6-18(30-2)20(10-14)32-23(26)27/h3-10,22-23H,11-12H2,1-2H3/b15-7-,16-8+. The summed E-state index contributed by atoms with van der Waals surface area (Å²) in [6, 6.07) is 8.93. The summed E-state index contributed by atoms with van der Waals surface area (Å²) in [6.45, 7) is -6.04. The Morgan fingerprint density at radius 3 is 1.55 bits per heavy atom. The lowest BCUT2D eigenvalue weighted by molar-refractivity contribution is -0.112. The Morgan fingerprint density at radius 2 is 1.18 bits per heavy atom. The van der Waals surface area contributed by atoms with Gasteiger partial charge in [-0.25, -0.2) is 0 Å². The highest BCUT2D eigenvalue weighted by molar-refractivity contribution is 7.99. The van der Waals surface area contributed by atoms with Crippen LogP contribution in [0.15, 0.2) is 47.5 Å². The number of thioether (sulfide) groups is 1. The molecular weight excluding hydrogens is 464 g/mol. The number of carbonyl (C=O) groups excluding carboxylic acids is 1. The molecule has 0 atom stereocenters. The van der Waals surface area contributed by atoms with Crippen LogP contribution in [0, 0.1) is 0 Å². The molecule has 0 spiro atoms. The Bertz CT molecular complexity index is 987. The number of rotatable bonds is 8. The van der Waals surface area contributed by atoms with Crippen molar-refractivity contribution in [3.05, 3.63) is 58.7 Å². The predicted molar refractivity (Wildman–Crippen MR) is 118 cm³/mol. The van der Waals surface area contributed by atoms with Gasteiger partial charge in [0.1, 0.15) is 0 Å². The second-order valence-electron chi connectivity index (χ2n) is 6.74. The first-order valence-electron chi connectivity index (χ1n) is 9.60. The van der Waals surface area contributed by atoms with Gasteiger partial charge in [-0.05, 0) is 47.5 Å². The largest absolute Gasteiger partial charge is 0.493 e. The van der Waals surface area contributed by atoms with E-state index in [1.807, 2.05) is 0 Å². The molecule has 1 aliphatic rings. The molecule has 1 heterocycles. The van der Waals surface area contributed by atoms with Gasteiger partial charge < -0.3 is 18.9 Å². The highest BCUT2D eigenvalue weighted by Gasteiger charge is 2.22. The first-order valence-corrected chi connectivity index (χ1v) is 10.8. The van der Waals surface area contributed by atoms with Crippen molar-refractivity contribution >= 4 is 29.7 Å². The van der Waals surface area contributed by atoms with Gasteiger partial charge in [-0.1, -0.05) is 12.1 Å². The normalized spacial score (nSPS) is 16.5. The van der Waals surface area contributed by atoms with E-state index < -0.39 is 13.2 Å². The molecule has 0 N–H and O–H groups in total. The van der Waals surface area contributed by atoms with E-state index in [1.54, 1.807) is 24.3 Å². The molecule has 33 heavy (non-hydrogen) atoms. The van der Waals surface area contributed by atoms with Gasteiger partial charge in [0.15, 0.2) is 28.8 Å². The van der Waals surface area contributed by atoms with E-state index in [-0.39, 0.29) is 28.8 Å². The van der Waals surface area contributed by atoms with Crippen LogP contribution >= 0.6 is 11.8 Å². The molecule has 1 aliphatic heterocycles. The average molecular weight is 484 g/mol. The Morgan fingerprint density at radius 1 is 0.758 bits per heavy atom. The van der Waals surface area contributed by atoms with E-state index >= 15 is 0 Å². The van der Waals surface area contributed by atoms with Gasteiger partial charge in [0.25, 0.3) is 0 Å². The number of hydrogen-bond acceptors (Lipinski definition) is 6. The zero-order valence-electron chi connectivity index (χ0n) is 17.6. The van der Waals surface area contributed by atoms with Crippen LogP contribution in [0.5, 0.6) is 23.0 Å². The molecule has 0 radical (unpaired) electrons. The van der Waals surface area contributed by atoms with Crippen LogP contribution in [0.1, 0.15) is 11.1 Å². The predicted octanol–water partition coefficient (Wildman–Crippen LogP) is 5.69. The monoisotopic (exact) mass is 484 g/mol. The second kappa shape index (κ2) is 11.1. The number of carbonyl (C=O) groups is 1. The summed E-state index contributed by atoms with van der Waals surface area (Å²) in [4.78, 5) is 13.0. The van der Waals surface area contributed by atoms with Gasteiger partial charge in [-0.3, -0.25) is 4.79 Å². The second-order valence-corrected chi connectivity index (χ2v) is 7.72. The maximum Gasteiger partial charge on any atom is 0.387 e. The van der Waals surface area contributed by atoms with Crippen molar-refractivity contribution < 1.29 is 41.3 Å². The van der Waals surface area contributed by atoms with E-state index in [1.165, 1.54) is 50.2 Å². The van der Waals surface area contributed by atoms with E-state index in [9.17, 15) is 22.4 Å². The van der Waals surface area contributed by atoms with Crippen LogP contribution in [0.4, 0.5) is 17.6 Å². The van der Waals surface area contributed by atoms with Crippen LogP contribution in [0.2, 0.25) is 0 Å². The Labute approximate surface area is 192 Å². The molecule has 0 saturated carbocycles. The number of Topliss-reactive ketones (excluding diaryl/α,β-unsaturated/α-hetero) is 1. The number of hydrogen-bond donors (Lipinski definition) is 0. The lowest BCUT2D eigenvalue weighted by atomic mass is 10.00. The number of ether oxygens (including phenoxy) is 4. The quantitative estimate of drug-likeness (QED) is 0.355. The molecule has 1 fully saturated rings. The fourth-order valence-electron chi connectivity index (χ4n) is 3.17. The number of alkyl halides is 4. The number of ketones is 1. The van der Waals surface area contributed by atoms with Crippen molar-refractivity contribution in [2.24, 2.45) is 0 Å². The smallest absolute Gasteiger partial charge is 0.387 e. The van der Waals surface area contributed by atoms with Gasteiger partial charge in [-0.15, -0.1) is 0 Å². The van der Waals surface area contributed by atoms with E-state index in [0.29, 0.717) is 33.8 Å². The van der Waals surface area contributed by atoms with Crippen LogP contribution in [-0.2, 0) is 4.79 Å². The summed E-state index contributed by atoms with van der Waals surface area (Å²) in [6.07, 6.45) is 3.19. The molecule has 0 aromatic heterocycles. The molecular formula is C23H20F4O5S. The lowest BCUT2D eigenvalue weighted by Crippen LogP contribution is -2.16. The van der Waals surface area contributed by atoms with Gasteiger partial charge in [0, 0.05) is 22.7 Å². The van der Waals surface area contributed by atoms with Crippen molar-refractivity contribution in [3.8, 4) is 23.0 Å². The number of benzene rings is 2. The van der Waals surface area contributed by atoms with E-state index in [4.69, 9.17) is 9.47 Å². The van der Waals surface area contributed by atoms with Crippen LogP contribution < -0.4 is 18.9 Å². The van der Waals surface area contributed by atoms with Crippen LogP contribution in [0.25, 0.3) is 12.2 Å². The molecule has 2 aromatic carbocycles. The van der Waals surface area contributed by atoms with Gasteiger partial charge in [0.2, 0.25) is 0 Å². The third-order valence-corrected chi connectivity index (χ3v) is 5.62. The maximum absolute atomic E-state index is 13.0. The van der Waals surface area contributed by atoms with E-state index in [2.05, 4.69) is 9.47 Å². The van der Waals surface area contributed by atoms with E-state index in [0.717, 1.165) is 0 Å². The first kappa shape index (κ1) is 24.5. The molecule has 10 heteroatoms. The summed E-state index contributed by atoms with van der Waals surface area (Å²) in [5, 5.41) is 0. The minimum Gasteiger partial charge on any atom is -0.493 e. The Hall–Kier alpha value is -3.14. The third-order valence-electron chi connectivity index (χ3n) is 4.59. The van der Waals surface area contributed by atoms with Crippen molar-refractivity contribution in [2.75, 3.05) is 25.7 Å². The summed E-state index contributed by atoms with van der Waals surface area (Å²) < 4.78 is 69.7. The van der Waals surface area contributed by atoms with Crippen LogP contribution in [-0.4, -0.2) is 44.7 Å². The molecule has 2 aromatic rings. The first-order chi connectivity index (χ1) is 15.8. The zero-order chi connectivity index (χ0) is 24.0. The summed E-state index contributed by atoms with van der Waals surface area (Å²) in [5.74, 6) is 0.627. The fraction of sp³-hybridized carbons (Fsp3) is 0.261. The van der Waals surface area contributed by atoms with Crippen molar-refractivity contribution in [2.45, 2.75) is 13.2 Å². The highest BCUT2D eigenvalue weighted by atomic mass is 32.2. The minimum atomic E-state index is -3.02. The minimum absolute atomic E-state index is 0.140. The summed E-state index contributed by atoms with van der Waals surface area (Å²) in [5.41, 5.74) is 1.91. The summed E-state index contributed by atoms with van der Waals surface area (Å²) in [7, 11) is 2.67. The molecule has 0 aliphatic carbocycles. The molecule has 3 rings (SSSR count). The van der Waals surface area contributed by atoms with Gasteiger partial charge in [0.05, 0.1) is 14.2 Å². The maximum atomic E-state index is 13.0. The number of halogens is 4. The number of methoxy groups -OCH3 is 2. The lowest BCUT2D eigenvalue weighted by Gasteiger charge is -2.17. The summed E-state index contributed by atoms with van der Waals surface area (Å²) >= 11 is 1.49. The molecule has 0 unspecified atom stereocenters. The molecule has 1 saturated heterocycles. The highest BCUT2D eigenvalue weighted by Crippen LogP contribution is 2.34. The van der Waals surface area contributed by atoms with Gasteiger partial charge >= 0.3 is 13.2 Å². The Kier molecular flexibility index (Phi) is 8.26. The molecule has 0 bridgehead atoms. The topological polar surface area (TPSA) is 54.0 Å². The Balaban J connectivity index is 1.88. The molecule has 5 nitrogen and oxygen atoms in total. The zero-order valence-corrected chi connectivity index (χ0v) is 18.5.